The molecule has 2 rings (SSSR count). The number of hydrogen-bond acceptors (Lipinski definition) is 4. The number of ether oxygens (including phenoxy) is 2. The summed E-state index contributed by atoms with van der Waals surface area (Å²) in [6.07, 6.45) is 4.11. The topological polar surface area (TPSA) is 59.0 Å². The van der Waals surface area contributed by atoms with Crippen LogP contribution in [-0.4, -0.2) is 54.1 Å². The predicted molar refractivity (Wildman–Crippen MR) is 66.4 cm³/mol. The number of likely N-dealkylation sites (tertiary alicyclic amines) is 1. The van der Waals surface area contributed by atoms with Crippen LogP contribution in [0.3, 0.4) is 0 Å². The van der Waals surface area contributed by atoms with Crippen molar-refractivity contribution in [1.29, 1.82) is 0 Å². The Hall–Kier alpha value is -0.650. The lowest BCUT2D eigenvalue weighted by Crippen LogP contribution is -2.52. The maximum absolute atomic E-state index is 10.6. The molecule has 104 valence electrons. The molecule has 5 nitrogen and oxygen atoms in total. The van der Waals surface area contributed by atoms with E-state index in [0.717, 1.165) is 13.0 Å². The van der Waals surface area contributed by atoms with E-state index >= 15 is 0 Å². The summed E-state index contributed by atoms with van der Waals surface area (Å²) in [5.74, 6) is -1.35. The van der Waals surface area contributed by atoms with Crippen molar-refractivity contribution < 1.29 is 19.4 Å². The van der Waals surface area contributed by atoms with E-state index in [2.05, 4.69) is 11.9 Å². The van der Waals surface area contributed by atoms with Crippen LogP contribution in [0.25, 0.3) is 0 Å². The van der Waals surface area contributed by atoms with Crippen LogP contribution in [0.2, 0.25) is 0 Å². The molecule has 2 fully saturated rings. The molecule has 3 unspecified atom stereocenters. The third-order valence-electron chi connectivity index (χ3n) is 4.01. The molecule has 2 heterocycles. The Balaban J connectivity index is 1.90. The summed E-state index contributed by atoms with van der Waals surface area (Å²) in [6.45, 7) is 3.57. The van der Waals surface area contributed by atoms with Gasteiger partial charge in [-0.05, 0) is 39.8 Å². The van der Waals surface area contributed by atoms with E-state index in [1.165, 1.54) is 12.8 Å². The second kappa shape index (κ2) is 5.55. The van der Waals surface area contributed by atoms with Gasteiger partial charge in [-0.2, -0.15) is 0 Å². The summed E-state index contributed by atoms with van der Waals surface area (Å²) in [5, 5.41) is 8.69. The van der Waals surface area contributed by atoms with E-state index < -0.39 is 11.8 Å². The summed E-state index contributed by atoms with van der Waals surface area (Å²) >= 11 is 0. The highest BCUT2D eigenvalue weighted by Crippen LogP contribution is 2.35. The minimum absolute atomic E-state index is 0.0820. The van der Waals surface area contributed by atoms with Crippen molar-refractivity contribution in [2.45, 2.75) is 57.0 Å². The van der Waals surface area contributed by atoms with Gasteiger partial charge in [-0.3, -0.25) is 9.69 Å². The Labute approximate surface area is 108 Å². The van der Waals surface area contributed by atoms with E-state index in [-0.39, 0.29) is 18.6 Å². The van der Waals surface area contributed by atoms with Crippen LogP contribution in [0, 0.1) is 0 Å². The number of carbonyl (C=O) groups is 1. The van der Waals surface area contributed by atoms with Crippen molar-refractivity contribution in [3.63, 3.8) is 0 Å². The third kappa shape index (κ3) is 3.02. The maximum atomic E-state index is 10.6. The van der Waals surface area contributed by atoms with E-state index in [1.54, 1.807) is 0 Å². The number of likely N-dealkylation sites (N-methyl/N-ethyl adjacent to an activating group) is 1. The standard InChI is InChI=1S/C13H23NO4/c1-13(11-5-3-4-8-14(11)2)17-9-10(18-13)6-7-12(15)16/h10-11H,3-9H2,1-2H3,(H,15,16). The van der Waals surface area contributed by atoms with Gasteiger partial charge in [-0.25, -0.2) is 0 Å². The number of carboxylic acid groups (broad SMARTS) is 1. The highest BCUT2D eigenvalue weighted by molar-refractivity contribution is 5.66. The molecule has 5 heteroatoms. The first-order chi connectivity index (χ1) is 8.51. The molecule has 0 aromatic heterocycles. The summed E-state index contributed by atoms with van der Waals surface area (Å²) in [5.41, 5.74) is 0. The fourth-order valence-electron chi connectivity index (χ4n) is 3.00. The van der Waals surface area contributed by atoms with Crippen molar-refractivity contribution in [3.05, 3.63) is 0 Å². The van der Waals surface area contributed by atoms with Gasteiger partial charge in [0.25, 0.3) is 0 Å². The van der Waals surface area contributed by atoms with Crippen molar-refractivity contribution in [3.8, 4) is 0 Å². The van der Waals surface area contributed by atoms with Crippen molar-refractivity contribution >= 4 is 5.97 Å². The molecule has 0 bridgehead atoms. The largest absolute Gasteiger partial charge is 0.481 e. The molecule has 1 N–H and O–H groups in total. The smallest absolute Gasteiger partial charge is 0.303 e. The van der Waals surface area contributed by atoms with Crippen LogP contribution in [0.15, 0.2) is 0 Å². The van der Waals surface area contributed by atoms with Gasteiger partial charge in [0.15, 0.2) is 5.79 Å². The highest BCUT2D eigenvalue weighted by Gasteiger charge is 2.46. The van der Waals surface area contributed by atoms with Crippen molar-refractivity contribution in [2.24, 2.45) is 0 Å². The van der Waals surface area contributed by atoms with Crippen LogP contribution < -0.4 is 0 Å². The summed E-state index contributed by atoms with van der Waals surface area (Å²) in [7, 11) is 2.10. The molecule has 0 aromatic rings. The quantitative estimate of drug-likeness (QED) is 0.826. The Morgan fingerprint density at radius 3 is 2.94 bits per heavy atom. The fraction of sp³-hybridized carbons (Fsp3) is 0.923. The highest BCUT2D eigenvalue weighted by atomic mass is 16.7. The zero-order valence-electron chi connectivity index (χ0n) is 11.2. The first-order valence-electron chi connectivity index (χ1n) is 6.75. The molecule has 0 radical (unpaired) electrons. The lowest BCUT2D eigenvalue weighted by Gasteiger charge is -2.41. The van der Waals surface area contributed by atoms with E-state index in [9.17, 15) is 4.79 Å². The second-order valence-corrected chi connectivity index (χ2v) is 5.49. The van der Waals surface area contributed by atoms with Crippen molar-refractivity contribution in [1.82, 2.24) is 4.90 Å². The minimum atomic E-state index is -0.776. The molecule has 0 aliphatic carbocycles. The van der Waals surface area contributed by atoms with Crippen LogP contribution in [-0.2, 0) is 14.3 Å². The van der Waals surface area contributed by atoms with Gasteiger partial charge in [0.05, 0.1) is 18.8 Å². The zero-order chi connectivity index (χ0) is 13.2. The van der Waals surface area contributed by atoms with Gasteiger partial charge in [-0.15, -0.1) is 0 Å². The Morgan fingerprint density at radius 1 is 1.50 bits per heavy atom. The normalized spacial score (nSPS) is 37.9. The molecule has 2 aliphatic rings. The fourth-order valence-corrected chi connectivity index (χ4v) is 3.00. The van der Waals surface area contributed by atoms with E-state index in [4.69, 9.17) is 14.6 Å². The number of rotatable bonds is 4. The average molecular weight is 257 g/mol. The van der Waals surface area contributed by atoms with Crippen LogP contribution in [0.5, 0.6) is 0 Å². The third-order valence-corrected chi connectivity index (χ3v) is 4.01. The zero-order valence-corrected chi connectivity index (χ0v) is 11.2. The molecular weight excluding hydrogens is 234 g/mol. The molecule has 0 saturated carbocycles. The Bertz CT molecular complexity index is 309. The van der Waals surface area contributed by atoms with Crippen molar-refractivity contribution in [2.75, 3.05) is 20.2 Å². The predicted octanol–water partition coefficient (Wildman–Crippen LogP) is 1.47. The molecular formula is C13H23NO4. The maximum Gasteiger partial charge on any atom is 0.303 e. The van der Waals surface area contributed by atoms with Gasteiger partial charge in [-0.1, -0.05) is 6.42 Å². The number of piperidine rings is 1. The number of aliphatic carboxylic acids is 1. The lowest BCUT2D eigenvalue weighted by atomic mass is 9.96. The molecule has 3 atom stereocenters. The van der Waals surface area contributed by atoms with Crippen LogP contribution >= 0.6 is 0 Å². The first kappa shape index (κ1) is 13.8. The molecule has 0 aromatic carbocycles. The Morgan fingerprint density at radius 2 is 2.28 bits per heavy atom. The molecule has 2 aliphatic heterocycles. The van der Waals surface area contributed by atoms with E-state index in [0.29, 0.717) is 13.0 Å². The molecule has 2 saturated heterocycles. The van der Waals surface area contributed by atoms with Gasteiger partial charge in [0, 0.05) is 6.42 Å². The summed E-state index contributed by atoms with van der Waals surface area (Å²) in [6, 6.07) is 0.279. The number of carboxylic acids is 1. The van der Waals surface area contributed by atoms with E-state index in [1.807, 2.05) is 6.92 Å². The van der Waals surface area contributed by atoms with Gasteiger partial charge in [0.2, 0.25) is 0 Å². The minimum Gasteiger partial charge on any atom is -0.481 e. The average Bonchev–Trinajstić information content (AvgIpc) is 2.70. The molecule has 0 spiro atoms. The SMILES string of the molecule is CN1CCCCC1C1(C)OCC(CCC(=O)O)O1. The summed E-state index contributed by atoms with van der Waals surface area (Å²) < 4.78 is 11.8. The van der Waals surface area contributed by atoms with Crippen LogP contribution in [0.4, 0.5) is 0 Å². The number of nitrogens with zero attached hydrogens (tertiary/aromatic N) is 1. The Kier molecular flexibility index (Phi) is 4.25. The monoisotopic (exact) mass is 257 g/mol. The second-order valence-electron chi connectivity index (χ2n) is 5.49. The van der Waals surface area contributed by atoms with Gasteiger partial charge in [0.1, 0.15) is 0 Å². The lowest BCUT2D eigenvalue weighted by molar-refractivity contribution is -0.202. The summed E-state index contributed by atoms with van der Waals surface area (Å²) in [4.78, 5) is 12.9. The molecule has 18 heavy (non-hydrogen) atoms. The van der Waals surface area contributed by atoms with Gasteiger partial charge < -0.3 is 14.6 Å². The number of hydrogen-bond donors (Lipinski definition) is 1. The first-order valence-corrected chi connectivity index (χ1v) is 6.75. The van der Waals surface area contributed by atoms with Crippen LogP contribution in [0.1, 0.15) is 39.0 Å². The van der Waals surface area contributed by atoms with Gasteiger partial charge >= 0.3 is 5.97 Å². The molecule has 0 amide bonds.